The molecule has 0 unspecified atom stereocenters. The normalized spacial score (nSPS) is 11.5. The molecule has 1 aromatic carbocycles. The quantitative estimate of drug-likeness (QED) is 0.481. The Kier molecular flexibility index (Phi) is 4.79. The fraction of sp³-hybridized carbons (Fsp3) is 0.167. The molecular formula is C12H14N2O2. The molecule has 1 amide bonds. The molecule has 0 bridgehead atoms. The highest BCUT2D eigenvalue weighted by Gasteiger charge is 1.94. The van der Waals surface area contributed by atoms with E-state index in [4.69, 9.17) is 0 Å². The van der Waals surface area contributed by atoms with Crippen molar-refractivity contribution in [2.75, 3.05) is 7.05 Å². The summed E-state index contributed by atoms with van der Waals surface area (Å²) in [6.07, 6.45) is 3.09. The van der Waals surface area contributed by atoms with Gasteiger partial charge in [-0.3, -0.25) is 4.84 Å². The molecule has 0 radical (unpaired) electrons. The van der Waals surface area contributed by atoms with Crippen LogP contribution in [-0.4, -0.2) is 18.9 Å². The van der Waals surface area contributed by atoms with Crippen molar-refractivity contribution in [2.24, 2.45) is 5.16 Å². The second-order valence-electron chi connectivity index (χ2n) is 3.11. The zero-order chi connectivity index (χ0) is 11.8. The third-order valence-electron chi connectivity index (χ3n) is 1.79. The van der Waals surface area contributed by atoms with Crippen molar-refractivity contribution in [1.29, 1.82) is 0 Å². The molecule has 1 rings (SSSR count). The van der Waals surface area contributed by atoms with Crippen molar-refractivity contribution in [1.82, 2.24) is 5.32 Å². The van der Waals surface area contributed by atoms with Crippen LogP contribution in [0.5, 0.6) is 0 Å². The lowest BCUT2D eigenvalue weighted by atomic mass is 10.2. The maximum absolute atomic E-state index is 10.7. The van der Waals surface area contributed by atoms with E-state index >= 15 is 0 Å². The number of hydrogen-bond acceptors (Lipinski definition) is 3. The van der Waals surface area contributed by atoms with Gasteiger partial charge in [-0.1, -0.05) is 41.6 Å². The summed E-state index contributed by atoms with van der Waals surface area (Å²) in [4.78, 5) is 15.3. The first kappa shape index (κ1) is 12.0. The Balaban J connectivity index is 2.54. The molecule has 4 heteroatoms. The van der Waals surface area contributed by atoms with Gasteiger partial charge >= 0.3 is 6.09 Å². The molecule has 0 spiro atoms. The van der Waals surface area contributed by atoms with E-state index in [-0.39, 0.29) is 0 Å². The van der Waals surface area contributed by atoms with Crippen LogP contribution in [0, 0.1) is 0 Å². The van der Waals surface area contributed by atoms with Gasteiger partial charge in [0.1, 0.15) is 0 Å². The monoisotopic (exact) mass is 218 g/mol. The Morgan fingerprint density at radius 2 is 2.06 bits per heavy atom. The zero-order valence-electron chi connectivity index (χ0n) is 9.31. The van der Waals surface area contributed by atoms with Crippen molar-refractivity contribution in [3.8, 4) is 0 Å². The van der Waals surface area contributed by atoms with Gasteiger partial charge in [-0.25, -0.2) is 4.79 Å². The Hall–Kier alpha value is -2.10. The number of oxime groups is 1. The van der Waals surface area contributed by atoms with E-state index in [9.17, 15) is 4.79 Å². The molecule has 0 heterocycles. The summed E-state index contributed by atoms with van der Waals surface area (Å²) in [5.74, 6) is 0. The molecular weight excluding hydrogens is 204 g/mol. The van der Waals surface area contributed by atoms with Crippen LogP contribution in [0.3, 0.4) is 0 Å². The maximum atomic E-state index is 10.7. The Bertz CT molecular complexity index is 397. The van der Waals surface area contributed by atoms with Gasteiger partial charge < -0.3 is 5.32 Å². The predicted molar refractivity (Wildman–Crippen MR) is 64.1 cm³/mol. The van der Waals surface area contributed by atoms with E-state index in [1.165, 1.54) is 7.05 Å². The van der Waals surface area contributed by atoms with Crippen LogP contribution >= 0.6 is 0 Å². The van der Waals surface area contributed by atoms with E-state index in [0.717, 1.165) is 5.56 Å². The first-order valence-corrected chi connectivity index (χ1v) is 4.89. The summed E-state index contributed by atoms with van der Waals surface area (Å²) in [6.45, 7) is 1.75. The van der Waals surface area contributed by atoms with Gasteiger partial charge in [0.2, 0.25) is 0 Å². The fourth-order valence-electron chi connectivity index (χ4n) is 0.971. The first-order valence-electron chi connectivity index (χ1n) is 4.89. The largest absolute Gasteiger partial charge is 0.433 e. The number of hydrogen-bond donors (Lipinski definition) is 1. The van der Waals surface area contributed by atoms with E-state index in [0.29, 0.717) is 5.71 Å². The van der Waals surface area contributed by atoms with Gasteiger partial charge in [0.05, 0.1) is 5.71 Å². The maximum Gasteiger partial charge on any atom is 0.433 e. The Morgan fingerprint density at radius 1 is 1.38 bits per heavy atom. The van der Waals surface area contributed by atoms with Crippen molar-refractivity contribution in [2.45, 2.75) is 6.92 Å². The highest BCUT2D eigenvalue weighted by Crippen LogP contribution is 2.01. The number of allylic oxidation sites excluding steroid dienone is 1. The third kappa shape index (κ3) is 4.41. The number of benzene rings is 1. The number of nitrogens with zero attached hydrogens (tertiary/aromatic N) is 1. The van der Waals surface area contributed by atoms with Gasteiger partial charge in [-0.15, -0.1) is 0 Å². The highest BCUT2D eigenvalue weighted by molar-refractivity contribution is 5.96. The van der Waals surface area contributed by atoms with Crippen LogP contribution in [0.2, 0.25) is 0 Å². The second-order valence-corrected chi connectivity index (χ2v) is 3.11. The molecule has 0 aromatic heterocycles. The molecule has 0 aliphatic rings. The highest BCUT2D eigenvalue weighted by atomic mass is 16.7. The average molecular weight is 218 g/mol. The molecule has 1 aromatic rings. The minimum atomic E-state index is -0.576. The third-order valence-corrected chi connectivity index (χ3v) is 1.79. The molecule has 4 nitrogen and oxygen atoms in total. The van der Waals surface area contributed by atoms with Crippen LogP contribution in [0.4, 0.5) is 4.79 Å². The van der Waals surface area contributed by atoms with Crippen molar-refractivity contribution < 1.29 is 9.63 Å². The molecule has 0 saturated heterocycles. The van der Waals surface area contributed by atoms with Crippen LogP contribution < -0.4 is 5.32 Å². The Labute approximate surface area is 94.6 Å². The van der Waals surface area contributed by atoms with E-state index < -0.39 is 6.09 Å². The molecule has 0 aliphatic heterocycles. The van der Waals surface area contributed by atoms with Crippen LogP contribution in [0.1, 0.15) is 12.5 Å². The van der Waals surface area contributed by atoms with E-state index in [1.807, 2.05) is 36.4 Å². The summed E-state index contributed by atoms with van der Waals surface area (Å²) in [5.41, 5.74) is 1.68. The fourth-order valence-corrected chi connectivity index (χ4v) is 0.971. The van der Waals surface area contributed by atoms with Gasteiger partial charge in [-0.05, 0) is 18.6 Å². The molecule has 0 saturated carbocycles. The number of rotatable bonds is 3. The summed E-state index contributed by atoms with van der Waals surface area (Å²) >= 11 is 0. The minimum Gasteiger partial charge on any atom is -0.323 e. The van der Waals surface area contributed by atoms with Crippen LogP contribution in [0.15, 0.2) is 41.6 Å². The lowest BCUT2D eigenvalue weighted by Gasteiger charge is -1.95. The summed E-state index contributed by atoms with van der Waals surface area (Å²) < 4.78 is 0. The zero-order valence-corrected chi connectivity index (χ0v) is 9.31. The molecule has 0 aliphatic carbocycles. The second kappa shape index (κ2) is 6.40. The Morgan fingerprint density at radius 3 is 2.69 bits per heavy atom. The molecule has 1 N–H and O–H groups in total. The first-order chi connectivity index (χ1) is 7.72. The lowest BCUT2D eigenvalue weighted by Crippen LogP contribution is -2.17. The summed E-state index contributed by atoms with van der Waals surface area (Å²) in [5, 5.41) is 5.93. The van der Waals surface area contributed by atoms with Crippen molar-refractivity contribution >= 4 is 17.9 Å². The molecule has 16 heavy (non-hydrogen) atoms. The summed E-state index contributed by atoms with van der Waals surface area (Å²) in [7, 11) is 1.48. The lowest BCUT2D eigenvalue weighted by molar-refractivity contribution is 0.153. The molecule has 0 atom stereocenters. The van der Waals surface area contributed by atoms with Gasteiger partial charge in [-0.2, -0.15) is 0 Å². The summed E-state index contributed by atoms with van der Waals surface area (Å²) in [6, 6.07) is 9.81. The molecule has 84 valence electrons. The number of nitrogens with one attached hydrogen (secondary N) is 1. The van der Waals surface area contributed by atoms with Gasteiger partial charge in [0.25, 0.3) is 0 Å². The van der Waals surface area contributed by atoms with E-state index in [1.54, 1.807) is 13.0 Å². The average Bonchev–Trinajstić information content (AvgIpc) is 2.34. The number of amides is 1. The SMILES string of the molecule is CNC(=O)O/N=C(C)/C=C/c1ccccc1. The van der Waals surface area contributed by atoms with Crippen molar-refractivity contribution in [3.63, 3.8) is 0 Å². The van der Waals surface area contributed by atoms with Crippen LogP contribution in [-0.2, 0) is 4.84 Å². The van der Waals surface area contributed by atoms with E-state index in [2.05, 4.69) is 15.3 Å². The molecule has 0 fully saturated rings. The number of carbonyl (C=O) groups excluding carboxylic acids is 1. The van der Waals surface area contributed by atoms with Gasteiger partial charge in [0, 0.05) is 7.05 Å². The smallest absolute Gasteiger partial charge is 0.323 e. The topological polar surface area (TPSA) is 50.7 Å². The number of carbonyl (C=O) groups is 1. The minimum absolute atomic E-state index is 0.576. The predicted octanol–water partition coefficient (Wildman–Crippen LogP) is 2.43. The standard InChI is InChI=1S/C12H14N2O2/c1-10(14-16-12(15)13-2)8-9-11-6-4-3-5-7-11/h3-9H,1-2H3,(H,13,15)/b9-8+,14-10+. The van der Waals surface area contributed by atoms with Gasteiger partial charge in [0.15, 0.2) is 0 Å². The van der Waals surface area contributed by atoms with Crippen molar-refractivity contribution in [3.05, 3.63) is 42.0 Å². The van der Waals surface area contributed by atoms with Crippen LogP contribution in [0.25, 0.3) is 6.08 Å².